The van der Waals surface area contributed by atoms with Gasteiger partial charge >= 0.3 is 10.1 Å². The van der Waals surface area contributed by atoms with E-state index in [0.717, 1.165) is 19.1 Å². The lowest BCUT2D eigenvalue weighted by molar-refractivity contribution is 0.431. The van der Waals surface area contributed by atoms with Gasteiger partial charge in [-0.1, -0.05) is 0 Å². The molecule has 0 heterocycles. The number of benzene rings is 1. The maximum Gasteiger partial charge on any atom is 0.306 e. The fourth-order valence-corrected chi connectivity index (χ4v) is 2.47. The van der Waals surface area contributed by atoms with Crippen molar-refractivity contribution in [3.8, 4) is 5.75 Å². The van der Waals surface area contributed by atoms with Gasteiger partial charge in [-0.25, -0.2) is 4.39 Å². The monoisotopic (exact) mass is 262 g/mol. The van der Waals surface area contributed by atoms with Crippen molar-refractivity contribution in [2.24, 2.45) is 0 Å². The van der Waals surface area contributed by atoms with Gasteiger partial charge in [0.25, 0.3) is 0 Å². The highest BCUT2D eigenvalue weighted by atomic mass is 32.2. The van der Waals surface area contributed by atoms with E-state index < -0.39 is 27.5 Å². The average Bonchev–Trinajstić information content (AvgIpc) is 2.24. The third-order valence-electron chi connectivity index (χ3n) is 2.73. The molecule has 1 aromatic rings. The highest BCUT2D eigenvalue weighted by molar-refractivity contribution is 7.86. The third kappa shape index (κ3) is 2.57. The Labute approximate surface area is 98.5 Å². The fraction of sp³-hybridized carbons (Fsp3) is 0.455. The van der Waals surface area contributed by atoms with E-state index in [0.29, 0.717) is 24.0 Å². The van der Waals surface area contributed by atoms with E-state index in [1.807, 2.05) is 0 Å². The van der Waals surface area contributed by atoms with Crippen LogP contribution in [-0.2, 0) is 23.0 Å². The molecular weight excluding hydrogens is 250 g/mol. The molecule has 0 aromatic heterocycles. The Bertz CT molecular complexity index is 552. The van der Waals surface area contributed by atoms with Gasteiger partial charge in [0, 0.05) is 0 Å². The smallest absolute Gasteiger partial charge is 0.306 e. The van der Waals surface area contributed by atoms with Crippen molar-refractivity contribution in [1.82, 2.24) is 0 Å². The summed E-state index contributed by atoms with van der Waals surface area (Å²) in [6, 6.07) is 1.29. The summed E-state index contributed by atoms with van der Waals surface area (Å²) >= 11 is 0. The van der Waals surface area contributed by atoms with Crippen LogP contribution >= 0.6 is 0 Å². The first-order chi connectivity index (χ1) is 7.88. The molecule has 1 aliphatic carbocycles. The zero-order valence-electron chi connectivity index (χ0n) is 9.29. The first-order valence-corrected chi connectivity index (χ1v) is 7.09. The van der Waals surface area contributed by atoms with E-state index in [4.69, 9.17) is 0 Å². The van der Waals surface area contributed by atoms with E-state index in [1.54, 1.807) is 0 Å². The van der Waals surface area contributed by atoms with Crippen LogP contribution in [0.1, 0.15) is 24.0 Å². The molecule has 0 fully saturated rings. The summed E-state index contributed by atoms with van der Waals surface area (Å²) < 4.78 is 53.5. The quantitative estimate of drug-likeness (QED) is 0.767. The molecule has 0 N–H and O–H groups in total. The zero-order valence-corrected chi connectivity index (χ0v) is 10.1. The topological polar surface area (TPSA) is 43.4 Å². The molecule has 0 amide bonds. The molecule has 0 saturated carbocycles. The Balaban J connectivity index is 2.51. The molecule has 1 aliphatic rings. The van der Waals surface area contributed by atoms with E-state index in [9.17, 15) is 17.2 Å². The van der Waals surface area contributed by atoms with Gasteiger partial charge in [-0.3, -0.25) is 0 Å². The largest absolute Gasteiger partial charge is 0.379 e. The lowest BCUT2D eigenvalue weighted by Crippen LogP contribution is -2.12. The number of halogens is 2. The molecule has 17 heavy (non-hydrogen) atoms. The molecule has 0 aliphatic heterocycles. The van der Waals surface area contributed by atoms with Crippen molar-refractivity contribution in [3.63, 3.8) is 0 Å². The lowest BCUT2D eigenvalue weighted by Gasteiger charge is -2.18. The molecule has 6 heteroatoms. The molecule has 0 bridgehead atoms. The summed E-state index contributed by atoms with van der Waals surface area (Å²) in [5, 5.41) is 0. The Morgan fingerprint density at radius 1 is 1.18 bits per heavy atom. The average molecular weight is 262 g/mol. The molecule has 0 spiro atoms. The molecule has 1 aromatic carbocycles. The highest BCUT2D eigenvalue weighted by Gasteiger charge is 2.23. The van der Waals surface area contributed by atoms with Gasteiger partial charge in [0.2, 0.25) is 5.82 Å². The standard InChI is InChI=1S/C11H12F2O3S/c1-17(14,15)16-9-6-7-4-2-3-5-8(7)10(12)11(9)13/h6H,2-5H2,1H3. The van der Waals surface area contributed by atoms with Crippen LogP contribution in [-0.4, -0.2) is 14.7 Å². The number of fused-ring (bicyclic) bond motifs is 1. The van der Waals surface area contributed by atoms with Crippen molar-refractivity contribution in [2.75, 3.05) is 6.26 Å². The first-order valence-electron chi connectivity index (χ1n) is 5.27. The number of hydrogen-bond acceptors (Lipinski definition) is 3. The molecule has 94 valence electrons. The predicted molar refractivity (Wildman–Crippen MR) is 58.5 cm³/mol. The van der Waals surface area contributed by atoms with Crippen LogP contribution in [0.25, 0.3) is 0 Å². The van der Waals surface area contributed by atoms with Crippen LogP contribution in [0.4, 0.5) is 8.78 Å². The maximum absolute atomic E-state index is 13.7. The number of rotatable bonds is 2. The predicted octanol–water partition coefficient (Wildman–Crippen LogP) is 2.18. The molecule has 0 saturated heterocycles. The zero-order chi connectivity index (χ0) is 12.6. The molecule has 3 nitrogen and oxygen atoms in total. The Morgan fingerprint density at radius 3 is 2.47 bits per heavy atom. The van der Waals surface area contributed by atoms with Crippen LogP contribution in [0.15, 0.2) is 6.07 Å². The van der Waals surface area contributed by atoms with Crippen molar-refractivity contribution < 1.29 is 21.4 Å². The summed E-state index contributed by atoms with van der Waals surface area (Å²) in [7, 11) is -3.85. The minimum atomic E-state index is -3.85. The van der Waals surface area contributed by atoms with Crippen LogP contribution in [0.5, 0.6) is 5.75 Å². The summed E-state index contributed by atoms with van der Waals surface area (Å²) in [5.41, 5.74) is 0.975. The van der Waals surface area contributed by atoms with Gasteiger partial charge in [-0.15, -0.1) is 0 Å². The van der Waals surface area contributed by atoms with Crippen molar-refractivity contribution in [3.05, 3.63) is 28.8 Å². The SMILES string of the molecule is CS(=O)(=O)Oc1cc2c(c(F)c1F)CCCC2. The molecule has 0 atom stereocenters. The number of hydrogen-bond donors (Lipinski definition) is 0. The molecule has 0 radical (unpaired) electrons. The van der Waals surface area contributed by atoms with Crippen LogP contribution in [0.2, 0.25) is 0 Å². The summed E-state index contributed by atoms with van der Waals surface area (Å²) in [5.74, 6) is -2.76. The molecule has 2 rings (SSSR count). The first kappa shape index (κ1) is 12.3. The Kier molecular flexibility index (Phi) is 3.07. The van der Waals surface area contributed by atoms with Crippen LogP contribution in [0, 0.1) is 11.6 Å². The molecular formula is C11H12F2O3S. The van der Waals surface area contributed by atoms with Gasteiger partial charge in [0.1, 0.15) is 0 Å². The van der Waals surface area contributed by atoms with Crippen molar-refractivity contribution in [2.45, 2.75) is 25.7 Å². The van der Waals surface area contributed by atoms with E-state index in [-0.39, 0.29) is 0 Å². The van der Waals surface area contributed by atoms with Crippen molar-refractivity contribution in [1.29, 1.82) is 0 Å². The second kappa shape index (κ2) is 4.25. The normalized spacial score (nSPS) is 15.5. The number of aryl methyl sites for hydroxylation is 1. The van der Waals surface area contributed by atoms with E-state index in [2.05, 4.69) is 4.18 Å². The summed E-state index contributed by atoms with van der Waals surface area (Å²) in [6.45, 7) is 0. The van der Waals surface area contributed by atoms with Gasteiger partial charge < -0.3 is 4.18 Å². The fourth-order valence-electron chi connectivity index (χ4n) is 2.02. The minimum Gasteiger partial charge on any atom is -0.379 e. The second-order valence-corrected chi connectivity index (χ2v) is 5.71. The summed E-state index contributed by atoms with van der Waals surface area (Å²) in [6.07, 6.45) is 3.60. The maximum atomic E-state index is 13.7. The second-order valence-electron chi connectivity index (χ2n) is 4.13. The van der Waals surface area contributed by atoms with Crippen LogP contribution in [0.3, 0.4) is 0 Å². The van der Waals surface area contributed by atoms with Gasteiger partial charge in [-0.2, -0.15) is 12.8 Å². The van der Waals surface area contributed by atoms with E-state index >= 15 is 0 Å². The van der Waals surface area contributed by atoms with Gasteiger partial charge in [0.05, 0.1) is 6.26 Å². The highest BCUT2D eigenvalue weighted by Crippen LogP contribution is 2.31. The van der Waals surface area contributed by atoms with Crippen LogP contribution < -0.4 is 4.18 Å². The van der Waals surface area contributed by atoms with Gasteiger partial charge in [-0.05, 0) is 42.9 Å². The minimum absolute atomic E-state index is 0.342. The Hall–Kier alpha value is -1.17. The molecule has 0 unspecified atom stereocenters. The lowest BCUT2D eigenvalue weighted by atomic mass is 9.91. The summed E-state index contributed by atoms with van der Waals surface area (Å²) in [4.78, 5) is 0. The van der Waals surface area contributed by atoms with E-state index in [1.165, 1.54) is 6.07 Å². The van der Waals surface area contributed by atoms with Gasteiger partial charge in [0.15, 0.2) is 11.6 Å². The van der Waals surface area contributed by atoms with Crippen molar-refractivity contribution >= 4 is 10.1 Å². The third-order valence-corrected chi connectivity index (χ3v) is 3.21. The Morgan fingerprint density at radius 2 is 1.82 bits per heavy atom.